The zero-order valence-electron chi connectivity index (χ0n) is 14.6. The minimum absolute atomic E-state index is 0.0154. The summed E-state index contributed by atoms with van der Waals surface area (Å²) in [6, 6.07) is 9.74. The number of hydrogen-bond acceptors (Lipinski definition) is 6. The van der Waals surface area contributed by atoms with Gasteiger partial charge in [0.2, 0.25) is 5.95 Å². The lowest BCUT2D eigenvalue weighted by Gasteiger charge is -2.34. The van der Waals surface area contributed by atoms with E-state index in [4.69, 9.17) is 21.3 Å². The van der Waals surface area contributed by atoms with Crippen molar-refractivity contribution in [2.75, 3.05) is 42.6 Å². The van der Waals surface area contributed by atoms with Crippen LogP contribution in [0, 0.1) is 0 Å². The molecule has 1 atom stereocenters. The van der Waals surface area contributed by atoms with Crippen LogP contribution in [0.15, 0.2) is 36.5 Å². The number of hydrogen-bond donors (Lipinski definition) is 1. The van der Waals surface area contributed by atoms with Gasteiger partial charge in [-0.05, 0) is 36.6 Å². The first-order valence-corrected chi connectivity index (χ1v) is 9.45. The summed E-state index contributed by atoms with van der Waals surface area (Å²) in [5.41, 5.74) is 1.11. The second-order valence-electron chi connectivity index (χ2n) is 6.79. The van der Waals surface area contributed by atoms with Crippen molar-refractivity contribution in [2.24, 2.45) is 0 Å². The fraction of sp³-hybridized carbons (Fsp3) is 0.474. The maximum atomic E-state index is 9.70. The van der Waals surface area contributed by atoms with E-state index < -0.39 is 0 Å². The van der Waals surface area contributed by atoms with Crippen molar-refractivity contribution in [1.29, 1.82) is 0 Å². The summed E-state index contributed by atoms with van der Waals surface area (Å²) >= 11 is 5.98. The van der Waals surface area contributed by atoms with E-state index in [1.54, 1.807) is 0 Å². The van der Waals surface area contributed by atoms with Crippen LogP contribution >= 0.6 is 11.6 Å². The Labute approximate surface area is 158 Å². The molecule has 0 saturated carbocycles. The van der Waals surface area contributed by atoms with Crippen LogP contribution in [-0.4, -0.2) is 54.0 Å². The van der Waals surface area contributed by atoms with Gasteiger partial charge in [-0.1, -0.05) is 23.7 Å². The quantitative estimate of drug-likeness (QED) is 0.891. The smallest absolute Gasteiger partial charge is 0.227 e. The van der Waals surface area contributed by atoms with E-state index in [1.807, 2.05) is 36.5 Å². The Morgan fingerprint density at radius 1 is 1.04 bits per heavy atom. The number of aliphatic hydroxyl groups is 1. The zero-order valence-corrected chi connectivity index (χ0v) is 15.3. The van der Waals surface area contributed by atoms with Crippen LogP contribution in [0.1, 0.15) is 24.5 Å². The summed E-state index contributed by atoms with van der Waals surface area (Å²) in [5.74, 6) is 1.66. The van der Waals surface area contributed by atoms with Gasteiger partial charge < -0.3 is 19.6 Å². The molecule has 0 amide bonds. The maximum Gasteiger partial charge on any atom is 0.227 e. The van der Waals surface area contributed by atoms with Gasteiger partial charge >= 0.3 is 0 Å². The van der Waals surface area contributed by atoms with Crippen LogP contribution in [0.5, 0.6) is 0 Å². The Morgan fingerprint density at radius 3 is 2.58 bits per heavy atom. The molecule has 0 unspecified atom stereocenters. The van der Waals surface area contributed by atoms with Crippen LogP contribution in [0.3, 0.4) is 0 Å². The first kappa shape index (κ1) is 17.5. The van der Waals surface area contributed by atoms with Gasteiger partial charge in [0.1, 0.15) is 11.9 Å². The molecule has 0 bridgehead atoms. The van der Waals surface area contributed by atoms with Crippen LogP contribution in [0.2, 0.25) is 5.02 Å². The van der Waals surface area contributed by atoms with E-state index in [0.717, 1.165) is 54.8 Å². The highest BCUT2D eigenvalue weighted by molar-refractivity contribution is 6.30. The lowest BCUT2D eigenvalue weighted by molar-refractivity contribution is 0.0392. The van der Waals surface area contributed by atoms with E-state index in [1.165, 1.54) is 0 Å². The van der Waals surface area contributed by atoms with Crippen molar-refractivity contribution < 1.29 is 9.84 Å². The Hall–Kier alpha value is -1.89. The van der Waals surface area contributed by atoms with E-state index in [0.29, 0.717) is 13.2 Å². The van der Waals surface area contributed by atoms with E-state index in [9.17, 15) is 5.11 Å². The summed E-state index contributed by atoms with van der Waals surface area (Å²) in [4.78, 5) is 13.6. The molecular weight excluding hydrogens is 352 g/mol. The molecule has 2 fully saturated rings. The standard InChI is InChI=1S/C19H23ClN4O2/c20-15-3-1-14(2-4-15)17-13-24(11-12-26-17)19-21-8-5-18(22-19)23-9-6-16(25)7-10-23/h1-5,8,16-17,25H,6-7,9-13H2/t17-/m1/s1. The number of rotatable bonds is 3. The van der Waals surface area contributed by atoms with Crippen molar-refractivity contribution in [3.8, 4) is 0 Å². The number of morpholine rings is 1. The minimum atomic E-state index is -0.188. The van der Waals surface area contributed by atoms with Gasteiger partial charge in [-0.15, -0.1) is 0 Å². The number of piperidine rings is 1. The fourth-order valence-electron chi connectivity index (χ4n) is 3.47. The average Bonchev–Trinajstić information content (AvgIpc) is 2.69. The molecule has 26 heavy (non-hydrogen) atoms. The first-order chi connectivity index (χ1) is 12.7. The molecule has 2 saturated heterocycles. The molecule has 0 spiro atoms. The molecule has 1 aromatic carbocycles. The predicted octanol–water partition coefficient (Wildman–Crippen LogP) is 2.67. The van der Waals surface area contributed by atoms with Crippen molar-refractivity contribution in [1.82, 2.24) is 9.97 Å². The highest BCUT2D eigenvalue weighted by Gasteiger charge is 2.25. The van der Waals surface area contributed by atoms with Gasteiger partial charge in [-0.2, -0.15) is 4.98 Å². The number of aliphatic hydroxyl groups excluding tert-OH is 1. The number of benzene rings is 1. The SMILES string of the molecule is OC1CCN(c2ccnc(N3CCO[C@@H](c4ccc(Cl)cc4)C3)n2)CC1. The summed E-state index contributed by atoms with van der Waals surface area (Å²) < 4.78 is 5.94. The molecule has 0 radical (unpaired) electrons. The van der Waals surface area contributed by atoms with E-state index in [-0.39, 0.29) is 12.2 Å². The second-order valence-corrected chi connectivity index (χ2v) is 7.23. The molecule has 4 rings (SSSR count). The first-order valence-electron chi connectivity index (χ1n) is 9.07. The average molecular weight is 375 g/mol. The Balaban J connectivity index is 1.48. The monoisotopic (exact) mass is 374 g/mol. The fourth-order valence-corrected chi connectivity index (χ4v) is 3.60. The molecule has 2 aliphatic rings. The second kappa shape index (κ2) is 7.78. The summed E-state index contributed by atoms with van der Waals surface area (Å²) in [7, 11) is 0. The van der Waals surface area contributed by atoms with Gasteiger partial charge in [0.25, 0.3) is 0 Å². The van der Waals surface area contributed by atoms with Gasteiger partial charge in [-0.3, -0.25) is 0 Å². The topological polar surface area (TPSA) is 61.7 Å². The zero-order chi connectivity index (χ0) is 17.9. The molecule has 3 heterocycles. The molecule has 2 aliphatic heterocycles. The highest BCUT2D eigenvalue weighted by atomic mass is 35.5. The number of aromatic nitrogens is 2. The molecule has 0 aliphatic carbocycles. The van der Waals surface area contributed by atoms with E-state index in [2.05, 4.69) is 14.8 Å². The summed E-state index contributed by atoms with van der Waals surface area (Å²) in [6.07, 6.45) is 3.19. The molecule has 1 aromatic heterocycles. The lowest BCUT2D eigenvalue weighted by atomic mass is 10.1. The molecule has 7 heteroatoms. The number of ether oxygens (including phenoxy) is 1. The lowest BCUT2D eigenvalue weighted by Crippen LogP contribution is -2.40. The number of nitrogens with zero attached hydrogens (tertiary/aromatic N) is 4. The molecule has 6 nitrogen and oxygen atoms in total. The van der Waals surface area contributed by atoms with Gasteiger partial charge in [-0.25, -0.2) is 4.98 Å². The maximum absolute atomic E-state index is 9.70. The Morgan fingerprint density at radius 2 is 1.81 bits per heavy atom. The normalized spacial score (nSPS) is 21.8. The van der Waals surface area contributed by atoms with Gasteiger partial charge in [0, 0.05) is 30.9 Å². The number of halogens is 1. The summed E-state index contributed by atoms with van der Waals surface area (Å²) in [5, 5.41) is 10.4. The Bertz CT molecular complexity index is 735. The van der Waals surface area contributed by atoms with Crippen LogP contribution < -0.4 is 9.80 Å². The molecular formula is C19H23ClN4O2. The number of anilines is 2. The van der Waals surface area contributed by atoms with Gasteiger partial charge in [0.15, 0.2) is 0 Å². The molecule has 1 N–H and O–H groups in total. The largest absolute Gasteiger partial charge is 0.393 e. The molecule has 2 aromatic rings. The van der Waals surface area contributed by atoms with Crippen LogP contribution in [0.4, 0.5) is 11.8 Å². The van der Waals surface area contributed by atoms with Crippen LogP contribution in [0.25, 0.3) is 0 Å². The summed E-state index contributed by atoms with van der Waals surface area (Å²) in [6.45, 7) is 3.77. The van der Waals surface area contributed by atoms with E-state index >= 15 is 0 Å². The van der Waals surface area contributed by atoms with Gasteiger partial charge in [0.05, 0.1) is 19.3 Å². The molecule has 138 valence electrons. The third-order valence-electron chi connectivity index (χ3n) is 5.01. The van der Waals surface area contributed by atoms with Crippen molar-refractivity contribution in [2.45, 2.75) is 25.0 Å². The predicted molar refractivity (Wildman–Crippen MR) is 102 cm³/mol. The Kier molecular flexibility index (Phi) is 5.24. The van der Waals surface area contributed by atoms with Crippen LogP contribution in [-0.2, 0) is 4.74 Å². The third-order valence-corrected chi connectivity index (χ3v) is 5.26. The van der Waals surface area contributed by atoms with Crippen molar-refractivity contribution >= 4 is 23.4 Å². The third kappa shape index (κ3) is 3.92. The van der Waals surface area contributed by atoms with Crippen molar-refractivity contribution in [3.63, 3.8) is 0 Å². The van der Waals surface area contributed by atoms with Crippen molar-refractivity contribution in [3.05, 3.63) is 47.1 Å². The minimum Gasteiger partial charge on any atom is -0.393 e. The highest BCUT2D eigenvalue weighted by Crippen LogP contribution is 2.26.